The van der Waals surface area contributed by atoms with Crippen LogP contribution in [-0.4, -0.2) is 44.1 Å². The van der Waals surface area contributed by atoms with E-state index in [0.717, 1.165) is 12.8 Å². The average Bonchev–Trinajstić information content (AvgIpc) is 3.07. The maximum atomic E-state index is 11.9. The summed E-state index contributed by atoms with van der Waals surface area (Å²) in [6.07, 6.45) is 1.56. The molecule has 0 radical (unpaired) electrons. The van der Waals surface area contributed by atoms with Crippen molar-refractivity contribution in [2.75, 3.05) is 25.6 Å². The van der Waals surface area contributed by atoms with Crippen molar-refractivity contribution in [3.05, 3.63) is 28.8 Å². The number of ether oxygens (including phenoxy) is 2. The van der Waals surface area contributed by atoms with E-state index in [9.17, 15) is 14.4 Å². The topological polar surface area (TPSA) is 93.7 Å². The van der Waals surface area contributed by atoms with Crippen molar-refractivity contribution >= 4 is 35.1 Å². The Bertz CT molecular complexity index is 629. The second kappa shape index (κ2) is 8.65. The zero-order valence-corrected chi connectivity index (χ0v) is 14.0. The van der Waals surface area contributed by atoms with Gasteiger partial charge in [0.15, 0.2) is 0 Å². The van der Waals surface area contributed by atoms with Gasteiger partial charge in [-0.3, -0.25) is 9.59 Å². The number of rotatable bonds is 6. The molecule has 1 unspecified atom stereocenters. The fourth-order valence-corrected chi connectivity index (χ4v) is 2.47. The lowest BCUT2D eigenvalue weighted by atomic mass is 10.2. The highest BCUT2D eigenvalue weighted by Gasteiger charge is 2.18. The highest BCUT2D eigenvalue weighted by molar-refractivity contribution is 6.34. The van der Waals surface area contributed by atoms with Crippen LogP contribution in [0.15, 0.2) is 18.2 Å². The molecule has 0 aliphatic carbocycles. The number of hydrogen-bond acceptors (Lipinski definition) is 5. The highest BCUT2D eigenvalue weighted by atomic mass is 35.5. The molecule has 0 saturated carbocycles. The Labute approximate surface area is 144 Å². The number of carbonyl (C=O) groups is 3. The Morgan fingerprint density at radius 1 is 1.33 bits per heavy atom. The van der Waals surface area contributed by atoms with Gasteiger partial charge >= 0.3 is 5.97 Å². The summed E-state index contributed by atoms with van der Waals surface area (Å²) in [5.41, 5.74) is 0.497. The minimum atomic E-state index is -0.545. The number of amides is 2. The largest absolute Gasteiger partial charge is 0.465 e. The number of nitrogens with one attached hydrogen (secondary N) is 2. The summed E-state index contributed by atoms with van der Waals surface area (Å²) in [6.45, 7) is 1.10. The Hall–Kier alpha value is -2.12. The average molecular weight is 355 g/mol. The highest BCUT2D eigenvalue weighted by Crippen LogP contribution is 2.23. The molecule has 7 nitrogen and oxygen atoms in total. The van der Waals surface area contributed by atoms with E-state index in [-0.39, 0.29) is 28.8 Å². The van der Waals surface area contributed by atoms with Crippen LogP contribution in [0.2, 0.25) is 5.02 Å². The summed E-state index contributed by atoms with van der Waals surface area (Å²) >= 11 is 5.99. The van der Waals surface area contributed by atoms with Gasteiger partial charge in [-0.1, -0.05) is 11.6 Å². The molecule has 8 heteroatoms. The predicted octanol–water partition coefficient (Wildman–Crippen LogP) is 1.75. The van der Waals surface area contributed by atoms with Crippen molar-refractivity contribution < 1.29 is 23.9 Å². The molecule has 0 spiro atoms. The van der Waals surface area contributed by atoms with E-state index in [0.29, 0.717) is 13.2 Å². The van der Waals surface area contributed by atoms with Gasteiger partial charge in [-0.2, -0.15) is 0 Å². The summed E-state index contributed by atoms with van der Waals surface area (Å²) in [7, 11) is 1.26. The second-order valence-corrected chi connectivity index (χ2v) is 5.76. The van der Waals surface area contributed by atoms with Crippen LogP contribution in [-0.2, 0) is 19.1 Å². The van der Waals surface area contributed by atoms with Crippen molar-refractivity contribution in [3.8, 4) is 0 Å². The van der Waals surface area contributed by atoms with Gasteiger partial charge in [0, 0.05) is 13.2 Å². The van der Waals surface area contributed by atoms with Crippen LogP contribution >= 0.6 is 11.6 Å². The number of methoxy groups -OCH3 is 1. The zero-order chi connectivity index (χ0) is 17.5. The molecule has 2 amide bonds. The summed E-state index contributed by atoms with van der Waals surface area (Å²) in [6, 6.07) is 4.36. The van der Waals surface area contributed by atoms with Gasteiger partial charge in [0.05, 0.1) is 29.5 Å². The smallest absolute Gasteiger partial charge is 0.337 e. The van der Waals surface area contributed by atoms with E-state index in [1.807, 2.05) is 0 Å². The third-order valence-electron chi connectivity index (χ3n) is 3.53. The van der Waals surface area contributed by atoms with Gasteiger partial charge in [-0.15, -0.1) is 0 Å². The lowest BCUT2D eigenvalue weighted by molar-refractivity contribution is -0.127. The molecular weight excluding hydrogens is 336 g/mol. The molecule has 2 rings (SSSR count). The maximum absolute atomic E-state index is 11.9. The normalized spacial score (nSPS) is 16.5. The minimum absolute atomic E-state index is 0.0168. The molecule has 1 fully saturated rings. The minimum Gasteiger partial charge on any atom is -0.465 e. The number of carbonyl (C=O) groups excluding carboxylic acids is 3. The van der Waals surface area contributed by atoms with Gasteiger partial charge in [0.1, 0.15) is 6.42 Å². The molecule has 1 aromatic rings. The van der Waals surface area contributed by atoms with Gasteiger partial charge in [-0.05, 0) is 31.0 Å². The third kappa shape index (κ3) is 5.21. The molecule has 1 aromatic carbocycles. The van der Waals surface area contributed by atoms with E-state index in [4.69, 9.17) is 16.3 Å². The van der Waals surface area contributed by atoms with Crippen LogP contribution in [0.4, 0.5) is 5.69 Å². The Kier molecular flexibility index (Phi) is 6.57. The number of halogens is 1. The first-order chi connectivity index (χ1) is 11.5. The molecule has 1 aliphatic heterocycles. The van der Waals surface area contributed by atoms with Crippen LogP contribution in [0.3, 0.4) is 0 Å². The number of anilines is 1. The lowest BCUT2D eigenvalue weighted by Gasteiger charge is -2.11. The molecule has 0 aromatic heterocycles. The Morgan fingerprint density at radius 3 is 2.79 bits per heavy atom. The fraction of sp³-hybridized carbons (Fsp3) is 0.438. The van der Waals surface area contributed by atoms with E-state index in [2.05, 4.69) is 15.4 Å². The van der Waals surface area contributed by atoms with Crippen LogP contribution in [0.25, 0.3) is 0 Å². The van der Waals surface area contributed by atoms with Crippen LogP contribution < -0.4 is 10.6 Å². The number of esters is 1. The van der Waals surface area contributed by atoms with Gasteiger partial charge in [-0.25, -0.2) is 4.79 Å². The fourth-order valence-electron chi connectivity index (χ4n) is 2.30. The van der Waals surface area contributed by atoms with Gasteiger partial charge in [0.2, 0.25) is 11.8 Å². The summed E-state index contributed by atoms with van der Waals surface area (Å²) < 4.78 is 10.0. The number of benzene rings is 1. The molecule has 2 N–H and O–H groups in total. The molecule has 1 aliphatic rings. The van der Waals surface area contributed by atoms with Crippen LogP contribution in [0.5, 0.6) is 0 Å². The second-order valence-electron chi connectivity index (χ2n) is 5.35. The first kappa shape index (κ1) is 18.2. The molecule has 1 atom stereocenters. The SMILES string of the molecule is COC(=O)c1ccc(Cl)c(NC(=O)CC(=O)NCC2CCCO2)c1. The van der Waals surface area contributed by atoms with Crippen molar-refractivity contribution in [3.63, 3.8) is 0 Å². The number of hydrogen-bond donors (Lipinski definition) is 2. The van der Waals surface area contributed by atoms with E-state index in [1.165, 1.54) is 25.3 Å². The van der Waals surface area contributed by atoms with Gasteiger partial charge in [0.25, 0.3) is 0 Å². The monoisotopic (exact) mass is 354 g/mol. The molecule has 130 valence electrons. The standard InChI is InChI=1S/C16H19ClN2O5/c1-23-16(22)10-4-5-12(17)13(7-10)19-15(21)8-14(20)18-9-11-3-2-6-24-11/h4-5,7,11H,2-3,6,8-9H2,1H3,(H,18,20)(H,19,21). The first-order valence-corrected chi connectivity index (χ1v) is 7.93. The quantitative estimate of drug-likeness (QED) is 0.599. The van der Waals surface area contributed by atoms with E-state index < -0.39 is 17.8 Å². The van der Waals surface area contributed by atoms with Crippen molar-refractivity contribution in [2.24, 2.45) is 0 Å². The zero-order valence-electron chi connectivity index (χ0n) is 13.3. The Balaban J connectivity index is 1.86. The maximum Gasteiger partial charge on any atom is 0.337 e. The third-order valence-corrected chi connectivity index (χ3v) is 3.86. The lowest BCUT2D eigenvalue weighted by Crippen LogP contribution is -2.34. The summed E-state index contributed by atoms with van der Waals surface area (Å²) in [5, 5.41) is 5.44. The molecule has 0 bridgehead atoms. The first-order valence-electron chi connectivity index (χ1n) is 7.55. The molecule has 1 heterocycles. The Morgan fingerprint density at radius 2 is 2.12 bits per heavy atom. The summed E-state index contributed by atoms with van der Waals surface area (Å²) in [5.74, 6) is -1.47. The van der Waals surface area contributed by atoms with Crippen molar-refractivity contribution in [1.29, 1.82) is 0 Å². The molecule has 1 saturated heterocycles. The van der Waals surface area contributed by atoms with Crippen LogP contribution in [0.1, 0.15) is 29.6 Å². The predicted molar refractivity (Wildman–Crippen MR) is 88.0 cm³/mol. The van der Waals surface area contributed by atoms with Gasteiger partial charge < -0.3 is 20.1 Å². The summed E-state index contributed by atoms with van der Waals surface area (Å²) in [4.78, 5) is 35.2. The molecular formula is C16H19ClN2O5. The van der Waals surface area contributed by atoms with E-state index >= 15 is 0 Å². The molecule has 24 heavy (non-hydrogen) atoms. The van der Waals surface area contributed by atoms with E-state index in [1.54, 1.807) is 0 Å². The van der Waals surface area contributed by atoms with Crippen LogP contribution in [0, 0.1) is 0 Å². The van der Waals surface area contributed by atoms with Crippen molar-refractivity contribution in [2.45, 2.75) is 25.4 Å². The van der Waals surface area contributed by atoms with Crippen molar-refractivity contribution in [1.82, 2.24) is 5.32 Å².